The summed E-state index contributed by atoms with van der Waals surface area (Å²) in [6, 6.07) is 20.9. The van der Waals surface area contributed by atoms with Crippen molar-refractivity contribution in [2.24, 2.45) is 0 Å². The standard InChI is InChI=1S/C26H24Cl2FN3O2.ClH/c27-21-5-1-19(2-6-21)17-34-25(20-3-7-22(28)8-4-20)15-31-13-14-32(18-31)16-26(33)30-24-11-9-23(29)10-12-24;/h1-14,25H,15-18H2,(H,30,33);1H. The molecule has 0 aliphatic carbocycles. The molecular formula is C26H25Cl3FN3O2. The molecule has 3 aromatic rings. The van der Waals surface area contributed by atoms with Gasteiger partial charge in [0.25, 0.3) is 0 Å². The van der Waals surface area contributed by atoms with Crippen LogP contribution in [-0.4, -0.2) is 35.5 Å². The van der Waals surface area contributed by atoms with Gasteiger partial charge in [-0.3, -0.25) is 4.79 Å². The van der Waals surface area contributed by atoms with Crippen molar-refractivity contribution in [1.82, 2.24) is 9.80 Å². The van der Waals surface area contributed by atoms with E-state index in [1.54, 1.807) is 0 Å². The quantitative estimate of drug-likeness (QED) is 0.339. The van der Waals surface area contributed by atoms with Gasteiger partial charge in [-0.25, -0.2) is 4.39 Å². The van der Waals surface area contributed by atoms with Crippen LogP contribution >= 0.6 is 35.6 Å². The van der Waals surface area contributed by atoms with Crippen molar-refractivity contribution < 1.29 is 13.9 Å². The van der Waals surface area contributed by atoms with E-state index in [0.29, 0.717) is 35.6 Å². The van der Waals surface area contributed by atoms with Gasteiger partial charge in [0.05, 0.1) is 19.8 Å². The number of ether oxygens (including phenoxy) is 1. The van der Waals surface area contributed by atoms with Crippen LogP contribution in [0.1, 0.15) is 17.2 Å². The highest BCUT2D eigenvalue weighted by atomic mass is 35.5. The molecule has 4 rings (SSSR count). The number of carbonyl (C=O) groups excluding carboxylic acids is 1. The van der Waals surface area contributed by atoms with Crippen molar-refractivity contribution in [3.63, 3.8) is 0 Å². The highest BCUT2D eigenvalue weighted by Gasteiger charge is 2.21. The molecule has 0 spiro atoms. The smallest absolute Gasteiger partial charge is 0.243 e. The van der Waals surface area contributed by atoms with E-state index >= 15 is 0 Å². The number of rotatable bonds is 9. The van der Waals surface area contributed by atoms with Crippen LogP contribution < -0.4 is 5.32 Å². The molecule has 1 amide bonds. The molecule has 1 aliphatic rings. The van der Waals surface area contributed by atoms with Gasteiger partial charge in [0.15, 0.2) is 0 Å². The van der Waals surface area contributed by atoms with Gasteiger partial charge in [0.2, 0.25) is 5.91 Å². The molecule has 3 aromatic carbocycles. The van der Waals surface area contributed by atoms with Gasteiger partial charge < -0.3 is 19.9 Å². The molecule has 0 bridgehead atoms. The monoisotopic (exact) mass is 535 g/mol. The maximum atomic E-state index is 13.1. The third kappa shape index (κ3) is 8.15. The van der Waals surface area contributed by atoms with Crippen molar-refractivity contribution in [1.29, 1.82) is 0 Å². The van der Waals surface area contributed by atoms with Crippen molar-refractivity contribution in [2.45, 2.75) is 12.7 Å². The van der Waals surface area contributed by atoms with Crippen LogP contribution in [0.2, 0.25) is 10.0 Å². The third-order valence-corrected chi connectivity index (χ3v) is 5.84. The molecule has 1 atom stereocenters. The first-order chi connectivity index (χ1) is 16.4. The molecule has 1 N–H and O–H groups in total. The number of nitrogens with zero attached hydrogens (tertiary/aromatic N) is 2. The Morgan fingerprint density at radius 3 is 2.17 bits per heavy atom. The van der Waals surface area contributed by atoms with E-state index < -0.39 is 0 Å². The first-order valence-electron chi connectivity index (χ1n) is 10.8. The maximum Gasteiger partial charge on any atom is 0.243 e. The van der Waals surface area contributed by atoms with Crippen LogP contribution in [0.5, 0.6) is 0 Å². The van der Waals surface area contributed by atoms with Gasteiger partial charge >= 0.3 is 0 Å². The van der Waals surface area contributed by atoms with Crippen molar-refractivity contribution >= 4 is 47.2 Å². The van der Waals surface area contributed by atoms with E-state index in [1.807, 2.05) is 65.8 Å². The minimum atomic E-state index is -0.343. The maximum absolute atomic E-state index is 13.1. The fourth-order valence-electron chi connectivity index (χ4n) is 3.58. The van der Waals surface area contributed by atoms with Gasteiger partial charge in [-0.15, -0.1) is 12.4 Å². The zero-order valence-corrected chi connectivity index (χ0v) is 21.1. The first-order valence-corrected chi connectivity index (χ1v) is 11.5. The second-order valence-corrected chi connectivity index (χ2v) is 8.86. The Labute approximate surface area is 220 Å². The van der Waals surface area contributed by atoms with Gasteiger partial charge in [0.1, 0.15) is 11.9 Å². The highest BCUT2D eigenvalue weighted by Crippen LogP contribution is 2.24. The van der Waals surface area contributed by atoms with Crippen LogP contribution in [0.15, 0.2) is 85.2 Å². The third-order valence-electron chi connectivity index (χ3n) is 5.33. The van der Waals surface area contributed by atoms with Crippen LogP contribution in [0.4, 0.5) is 10.1 Å². The summed E-state index contributed by atoms with van der Waals surface area (Å²) in [5, 5.41) is 4.13. The van der Waals surface area contributed by atoms with E-state index in [4.69, 9.17) is 27.9 Å². The van der Waals surface area contributed by atoms with Crippen molar-refractivity contribution in [2.75, 3.05) is 25.1 Å². The molecular weight excluding hydrogens is 512 g/mol. The summed E-state index contributed by atoms with van der Waals surface area (Å²) in [5.74, 6) is -0.518. The highest BCUT2D eigenvalue weighted by molar-refractivity contribution is 6.30. The SMILES string of the molecule is Cl.O=C(CN1C=CN(CC(OCc2ccc(Cl)cc2)c2ccc(Cl)cc2)C1)Nc1ccc(F)cc1. The Morgan fingerprint density at radius 1 is 0.914 bits per heavy atom. The molecule has 0 aromatic heterocycles. The lowest BCUT2D eigenvalue weighted by Crippen LogP contribution is -2.34. The Kier molecular flexibility index (Phi) is 9.81. The summed E-state index contributed by atoms with van der Waals surface area (Å²) < 4.78 is 19.3. The number of hydrogen-bond donors (Lipinski definition) is 1. The lowest BCUT2D eigenvalue weighted by atomic mass is 10.1. The van der Waals surface area contributed by atoms with E-state index in [9.17, 15) is 9.18 Å². The summed E-state index contributed by atoms with van der Waals surface area (Å²) in [7, 11) is 0. The molecule has 0 saturated carbocycles. The van der Waals surface area contributed by atoms with E-state index in [1.165, 1.54) is 24.3 Å². The Balaban J connectivity index is 0.00000342. The predicted octanol–water partition coefficient (Wildman–Crippen LogP) is 6.50. The van der Waals surface area contributed by atoms with Gasteiger partial charge in [0, 0.05) is 34.7 Å². The molecule has 0 fully saturated rings. The fraction of sp³-hybridized carbons (Fsp3) is 0.192. The van der Waals surface area contributed by atoms with Gasteiger partial charge in [-0.2, -0.15) is 0 Å². The topological polar surface area (TPSA) is 44.8 Å². The molecule has 0 saturated heterocycles. The normalized spacial score (nSPS) is 13.5. The van der Waals surface area contributed by atoms with Crippen molar-refractivity contribution in [3.05, 3.63) is 112 Å². The van der Waals surface area contributed by atoms with Crippen LogP contribution in [0.3, 0.4) is 0 Å². The lowest BCUT2D eigenvalue weighted by molar-refractivity contribution is -0.116. The summed E-state index contributed by atoms with van der Waals surface area (Å²) in [6.45, 7) is 1.76. The van der Waals surface area contributed by atoms with Crippen LogP contribution in [-0.2, 0) is 16.1 Å². The summed E-state index contributed by atoms with van der Waals surface area (Å²) in [5.41, 5.74) is 2.60. The number of hydrogen-bond acceptors (Lipinski definition) is 4. The number of amides is 1. The molecule has 184 valence electrons. The molecule has 5 nitrogen and oxygen atoms in total. The Bertz CT molecular complexity index is 1130. The zero-order valence-electron chi connectivity index (χ0n) is 18.7. The minimum Gasteiger partial charge on any atom is -0.367 e. The molecule has 1 heterocycles. The summed E-state index contributed by atoms with van der Waals surface area (Å²) in [6.07, 6.45) is 3.62. The molecule has 1 aliphatic heterocycles. The number of benzene rings is 3. The second kappa shape index (κ2) is 12.8. The van der Waals surface area contributed by atoms with Crippen LogP contribution in [0, 0.1) is 5.82 Å². The molecule has 1 unspecified atom stereocenters. The number of anilines is 1. The average molecular weight is 537 g/mol. The summed E-state index contributed by atoms with van der Waals surface area (Å²) >= 11 is 12.1. The van der Waals surface area contributed by atoms with E-state index in [0.717, 1.165) is 11.1 Å². The van der Waals surface area contributed by atoms with E-state index in [-0.39, 0.29) is 36.8 Å². The zero-order chi connectivity index (χ0) is 23.9. The van der Waals surface area contributed by atoms with E-state index in [2.05, 4.69) is 10.2 Å². The summed E-state index contributed by atoms with van der Waals surface area (Å²) in [4.78, 5) is 16.4. The number of nitrogens with one attached hydrogen (secondary N) is 1. The fourth-order valence-corrected chi connectivity index (χ4v) is 3.83. The predicted molar refractivity (Wildman–Crippen MR) is 140 cm³/mol. The molecule has 9 heteroatoms. The number of halogens is 4. The minimum absolute atomic E-state index is 0. The van der Waals surface area contributed by atoms with Gasteiger partial charge in [-0.1, -0.05) is 47.5 Å². The Hall–Kier alpha value is -2.77. The van der Waals surface area contributed by atoms with Gasteiger partial charge in [-0.05, 0) is 59.7 Å². The molecule has 0 radical (unpaired) electrons. The number of carbonyl (C=O) groups is 1. The van der Waals surface area contributed by atoms with Crippen molar-refractivity contribution in [3.8, 4) is 0 Å². The second-order valence-electron chi connectivity index (χ2n) is 7.99. The largest absolute Gasteiger partial charge is 0.367 e. The van der Waals surface area contributed by atoms with Crippen LogP contribution in [0.25, 0.3) is 0 Å². The lowest BCUT2D eigenvalue weighted by Gasteiger charge is -2.26. The molecule has 35 heavy (non-hydrogen) atoms. The Morgan fingerprint density at radius 2 is 1.51 bits per heavy atom. The first kappa shape index (κ1) is 26.8. The average Bonchev–Trinajstić information content (AvgIpc) is 3.26.